The smallest absolute Gasteiger partial charge is 0.322 e. The molecule has 7 nitrogen and oxygen atoms in total. The molecule has 2 amide bonds. The maximum Gasteiger partial charge on any atom is 0.322 e. The molecule has 0 bridgehead atoms. The molecule has 3 rings (SSSR count). The van der Waals surface area contributed by atoms with Crippen LogP contribution in [0.4, 0.5) is 0 Å². The minimum absolute atomic E-state index is 0.168. The first-order valence-electron chi connectivity index (χ1n) is 9.26. The van der Waals surface area contributed by atoms with Crippen LogP contribution in [0.15, 0.2) is 35.6 Å². The molecule has 1 saturated carbocycles. The molecule has 1 aliphatic carbocycles. The summed E-state index contributed by atoms with van der Waals surface area (Å²) in [6, 6.07) is 8.22. The summed E-state index contributed by atoms with van der Waals surface area (Å²) in [7, 11) is 0. The number of nitrogens with one attached hydrogen (secondary N) is 1. The minimum atomic E-state index is -1.22. The summed E-state index contributed by atoms with van der Waals surface area (Å²) >= 11 is 0. The average molecular weight is 372 g/mol. The third kappa shape index (κ3) is 4.48. The highest BCUT2D eigenvalue weighted by Gasteiger charge is 2.32. The second kappa shape index (κ2) is 8.24. The molecular weight excluding hydrogens is 348 g/mol. The van der Waals surface area contributed by atoms with Crippen LogP contribution in [0.25, 0.3) is 0 Å². The SMILES string of the molecule is O=C(O)CNC(=O)C1=C(O)CCN(Cc2ccc(C3CCCC3)cc2)C1=O. The molecule has 0 spiro atoms. The van der Waals surface area contributed by atoms with Crippen LogP contribution >= 0.6 is 0 Å². The van der Waals surface area contributed by atoms with E-state index in [1.54, 1.807) is 0 Å². The number of benzene rings is 1. The second-order valence-corrected chi connectivity index (χ2v) is 7.10. The Morgan fingerprint density at radius 3 is 2.44 bits per heavy atom. The molecule has 27 heavy (non-hydrogen) atoms. The van der Waals surface area contributed by atoms with Crippen molar-refractivity contribution in [1.82, 2.24) is 10.2 Å². The summed E-state index contributed by atoms with van der Waals surface area (Å²) in [4.78, 5) is 36.8. The van der Waals surface area contributed by atoms with Crippen molar-refractivity contribution in [2.75, 3.05) is 13.1 Å². The topological polar surface area (TPSA) is 107 Å². The molecule has 1 aromatic carbocycles. The van der Waals surface area contributed by atoms with Crippen LogP contribution in [0.3, 0.4) is 0 Å². The van der Waals surface area contributed by atoms with Crippen LogP contribution in [0.2, 0.25) is 0 Å². The van der Waals surface area contributed by atoms with Gasteiger partial charge in [0, 0.05) is 19.5 Å². The molecule has 7 heteroatoms. The predicted octanol–water partition coefficient (Wildman–Crippen LogP) is 2.09. The van der Waals surface area contributed by atoms with Gasteiger partial charge in [-0.25, -0.2) is 0 Å². The summed E-state index contributed by atoms with van der Waals surface area (Å²) < 4.78 is 0. The summed E-state index contributed by atoms with van der Waals surface area (Å²) in [6.07, 6.45) is 5.17. The molecule has 3 N–H and O–H groups in total. The fourth-order valence-corrected chi connectivity index (χ4v) is 3.75. The van der Waals surface area contributed by atoms with Crippen LogP contribution < -0.4 is 5.32 Å². The van der Waals surface area contributed by atoms with Gasteiger partial charge in [0.1, 0.15) is 17.9 Å². The summed E-state index contributed by atoms with van der Waals surface area (Å²) in [5.41, 5.74) is 1.91. The highest BCUT2D eigenvalue weighted by molar-refractivity contribution is 6.19. The third-order valence-electron chi connectivity index (χ3n) is 5.22. The van der Waals surface area contributed by atoms with Gasteiger partial charge < -0.3 is 20.4 Å². The zero-order valence-electron chi connectivity index (χ0n) is 15.1. The van der Waals surface area contributed by atoms with Crippen molar-refractivity contribution in [1.29, 1.82) is 0 Å². The van der Waals surface area contributed by atoms with E-state index >= 15 is 0 Å². The fourth-order valence-electron chi connectivity index (χ4n) is 3.75. The molecule has 0 aromatic heterocycles. The van der Waals surface area contributed by atoms with Crippen molar-refractivity contribution in [3.8, 4) is 0 Å². The van der Waals surface area contributed by atoms with Crippen LogP contribution in [-0.2, 0) is 20.9 Å². The number of aliphatic carboxylic acids is 1. The van der Waals surface area contributed by atoms with E-state index in [2.05, 4.69) is 17.4 Å². The Morgan fingerprint density at radius 2 is 1.81 bits per heavy atom. The number of rotatable bonds is 6. The van der Waals surface area contributed by atoms with Gasteiger partial charge >= 0.3 is 5.97 Å². The lowest BCUT2D eigenvalue weighted by Crippen LogP contribution is -2.43. The molecule has 0 radical (unpaired) electrons. The van der Waals surface area contributed by atoms with Gasteiger partial charge in [-0.05, 0) is 29.9 Å². The van der Waals surface area contributed by atoms with E-state index < -0.39 is 24.3 Å². The first-order valence-corrected chi connectivity index (χ1v) is 9.26. The van der Waals surface area contributed by atoms with E-state index in [0.29, 0.717) is 19.0 Å². The van der Waals surface area contributed by atoms with E-state index in [1.807, 2.05) is 12.1 Å². The molecule has 0 unspecified atom stereocenters. The Kier molecular flexibility index (Phi) is 5.78. The summed E-state index contributed by atoms with van der Waals surface area (Å²) in [5.74, 6) is -2.33. The van der Waals surface area contributed by atoms with E-state index in [1.165, 1.54) is 36.1 Å². The normalized spacial score (nSPS) is 18.1. The molecule has 144 valence electrons. The number of amides is 2. The Balaban J connectivity index is 1.66. The Labute approximate surface area is 157 Å². The zero-order valence-corrected chi connectivity index (χ0v) is 15.1. The van der Waals surface area contributed by atoms with Crippen molar-refractivity contribution >= 4 is 17.8 Å². The first kappa shape index (κ1) is 18.9. The monoisotopic (exact) mass is 372 g/mol. The molecule has 1 aliphatic heterocycles. The average Bonchev–Trinajstić information content (AvgIpc) is 3.18. The second-order valence-electron chi connectivity index (χ2n) is 7.10. The van der Waals surface area contributed by atoms with Gasteiger partial charge in [-0.3, -0.25) is 14.4 Å². The number of carbonyl (C=O) groups excluding carboxylic acids is 2. The Hall–Kier alpha value is -2.83. The van der Waals surface area contributed by atoms with Gasteiger partial charge in [-0.2, -0.15) is 0 Å². The predicted molar refractivity (Wildman–Crippen MR) is 98.0 cm³/mol. The van der Waals surface area contributed by atoms with Crippen molar-refractivity contribution < 1.29 is 24.6 Å². The Morgan fingerprint density at radius 1 is 1.15 bits per heavy atom. The van der Waals surface area contributed by atoms with Crippen LogP contribution in [0.1, 0.15) is 49.1 Å². The number of aliphatic hydroxyl groups excluding tert-OH is 1. The molecule has 1 aromatic rings. The fraction of sp³-hybridized carbons (Fsp3) is 0.450. The van der Waals surface area contributed by atoms with Crippen molar-refractivity contribution in [2.24, 2.45) is 0 Å². The van der Waals surface area contributed by atoms with Gasteiger partial charge in [0.05, 0.1) is 0 Å². The molecule has 2 aliphatic rings. The molecule has 0 atom stereocenters. The third-order valence-corrected chi connectivity index (χ3v) is 5.22. The van der Waals surface area contributed by atoms with E-state index in [9.17, 15) is 19.5 Å². The minimum Gasteiger partial charge on any atom is -0.511 e. The number of carboxylic acid groups (broad SMARTS) is 1. The van der Waals surface area contributed by atoms with Gasteiger partial charge in [0.15, 0.2) is 0 Å². The molecule has 1 fully saturated rings. The van der Waals surface area contributed by atoms with Crippen LogP contribution in [0, 0.1) is 0 Å². The summed E-state index contributed by atoms with van der Waals surface area (Å²) in [5, 5.41) is 20.7. The van der Waals surface area contributed by atoms with E-state index in [0.717, 1.165) is 5.56 Å². The quantitative estimate of drug-likeness (QED) is 0.663. The highest BCUT2D eigenvalue weighted by atomic mass is 16.4. The lowest BCUT2D eigenvalue weighted by Gasteiger charge is -2.28. The standard InChI is InChI=1S/C20H24N2O5/c23-16-9-10-22(20(27)18(16)19(26)21-11-17(24)25)12-13-5-7-15(8-6-13)14-3-1-2-4-14/h5-8,14,23H,1-4,9-12H2,(H,21,26)(H,24,25). The van der Waals surface area contributed by atoms with Gasteiger partial charge in [0.25, 0.3) is 11.8 Å². The van der Waals surface area contributed by atoms with Crippen molar-refractivity contribution in [3.63, 3.8) is 0 Å². The zero-order chi connectivity index (χ0) is 19.4. The maximum atomic E-state index is 12.6. The van der Waals surface area contributed by atoms with Crippen molar-refractivity contribution in [3.05, 3.63) is 46.7 Å². The largest absolute Gasteiger partial charge is 0.511 e. The number of hydrogen-bond donors (Lipinski definition) is 3. The number of nitrogens with zero attached hydrogens (tertiary/aromatic N) is 1. The van der Waals surface area contributed by atoms with Crippen molar-refractivity contribution in [2.45, 2.75) is 44.6 Å². The van der Waals surface area contributed by atoms with Gasteiger partial charge in [-0.1, -0.05) is 37.1 Å². The van der Waals surface area contributed by atoms with Gasteiger partial charge in [0.2, 0.25) is 0 Å². The van der Waals surface area contributed by atoms with E-state index in [-0.39, 0.29) is 17.8 Å². The number of carbonyl (C=O) groups is 3. The lowest BCUT2D eigenvalue weighted by molar-refractivity contribution is -0.138. The molecular formula is C20H24N2O5. The van der Waals surface area contributed by atoms with Crippen LogP contribution in [0.5, 0.6) is 0 Å². The molecule has 1 heterocycles. The Bertz CT molecular complexity index is 763. The number of aliphatic hydroxyl groups is 1. The first-order chi connectivity index (χ1) is 13.0. The van der Waals surface area contributed by atoms with Crippen LogP contribution in [-0.4, -0.2) is 46.0 Å². The molecule has 0 saturated heterocycles. The number of hydrogen-bond acceptors (Lipinski definition) is 4. The van der Waals surface area contributed by atoms with Gasteiger partial charge in [-0.15, -0.1) is 0 Å². The number of carboxylic acids is 1. The lowest BCUT2D eigenvalue weighted by atomic mass is 9.96. The summed E-state index contributed by atoms with van der Waals surface area (Å²) in [6.45, 7) is 0.0447. The van der Waals surface area contributed by atoms with E-state index in [4.69, 9.17) is 5.11 Å². The highest BCUT2D eigenvalue weighted by Crippen LogP contribution is 2.34. The maximum absolute atomic E-state index is 12.6.